The van der Waals surface area contributed by atoms with Gasteiger partial charge in [-0.05, 0) is 49.8 Å². The highest BCUT2D eigenvalue weighted by Crippen LogP contribution is 2.42. The predicted molar refractivity (Wildman–Crippen MR) is 101 cm³/mol. The number of halogens is 4. The maximum absolute atomic E-state index is 12.7. The van der Waals surface area contributed by atoms with Crippen molar-refractivity contribution in [1.29, 1.82) is 0 Å². The number of carbonyl (C=O) groups excluding carboxylic acids is 2. The van der Waals surface area contributed by atoms with Crippen LogP contribution < -0.4 is 10.1 Å². The summed E-state index contributed by atoms with van der Waals surface area (Å²) in [6, 6.07) is 3.05. The summed E-state index contributed by atoms with van der Waals surface area (Å²) in [7, 11) is 0. The first kappa shape index (κ1) is 21.1. The van der Waals surface area contributed by atoms with Crippen LogP contribution in [-0.2, 0) is 15.7 Å². The molecule has 30 heavy (non-hydrogen) atoms. The number of rotatable bonds is 4. The van der Waals surface area contributed by atoms with E-state index in [4.69, 9.17) is 21.1 Å². The molecule has 2 aliphatic heterocycles. The Morgan fingerprint density at radius 2 is 2.00 bits per heavy atom. The molecule has 0 aromatic heterocycles. The number of hydrogen-bond donors (Lipinski definition) is 1. The van der Waals surface area contributed by atoms with Crippen molar-refractivity contribution in [2.24, 2.45) is 11.8 Å². The van der Waals surface area contributed by atoms with Crippen LogP contribution in [0.3, 0.4) is 0 Å². The van der Waals surface area contributed by atoms with Crippen LogP contribution in [0.25, 0.3) is 0 Å². The van der Waals surface area contributed by atoms with Gasteiger partial charge in [-0.2, -0.15) is 13.2 Å². The standard InChI is InChI=1S/C20H22ClF3N2O4/c21-15-7-14(20(22,23)24)1-2-16(15)29-10-12-3-5-26(6-4-12)17(27)13-8-19(9-13)11-30-18(28)25-19/h1-2,7,12-13H,3-6,8-11H2,(H,25,28)/t13-,19-. The lowest BCUT2D eigenvalue weighted by atomic mass is 9.68. The summed E-state index contributed by atoms with van der Waals surface area (Å²) in [6.45, 7) is 1.88. The molecule has 1 spiro atoms. The molecule has 1 aromatic carbocycles. The van der Waals surface area contributed by atoms with E-state index in [1.807, 2.05) is 4.90 Å². The number of amides is 2. The summed E-state index contributed by atoms with van der Waals surface area (Å²) < 4.78 is 48.7. The smallest absolute Gasteiger partial charge is 0.416 e. The molecule has 0 unspecified atom stereocenters. The lowest BCUT2D eigenvalue weighted by Crippen LogP contribution is -2.58. The van der Waals surface area contributed by atoms with Gasteiger partial charge in [-0.15, -0.1) is 0 Å². The SMILES string of the molecule is O=C1N[C@]2(CO1)C[C@@H](C(=O)N1CCC(COc3ccc(C(F)(F)F)cc3Cl)CC1)C2. The summed E-state index contributed by atoms with van der Waals surface area (Å²) in [4.78, 5) is 25.7. The molecule has 1 aromatic rings. The Morgan fingerprint density at radius 3 is 2.57 bits per heavy atom. The number of nitrogens with one attached hydrogen (secondary N) is 1. The number of piperidine rings is 1. The van der Waals surface area contributed by atoms with Crippen molar-refractivity contribution in [2.75, 3.05) is 26.3 Å². The fourth-order valence-corrected chi connectivity index (χ4v) is 4.59. The molecule has 1 aliphatic carbocycles. The third kappa shape index (κ3) is 4.31. The van der Waals surface area contributed by atoms with Crippen LogP contribution in [0.5, 0.6) is 5.75 Å². The summed E-state index contributed by atoms with van der Waals surface area (Å²) in [5.74, 6) is 0.434. The predicted octanol–water partition coefficient (Wildman–Crippen LogP) is 3.86. The van der Waals surface area contributed by atoms with Crippen molar-refractivity contribution in [3.8, 4) is 5.75 Å². The van der Waals surface area contributed by atoms with Gasteiger partial charge < -0.3 is 19.7 Å². The zero-order valence-corrected chi connectivity index (χ0v) is 16.9. The largest absolute Gasteiger partial charge is 0.492 e. The number of nitrogens with zero attached hydrogens (tertiary/aromatic N) is 1. The van der Waals surface area contributed by atoms with E-state index in [1.165, 1.54) is 6.07 Å². The molecule has 4 rings (SSSR count). The molecule has 2 saturated heterocycles. The van der Waals surface area contributed by atoms with Crippen molar-refractivity contribution in [3.63, 3.8) is 0 Å². The molecule has 1 saturated carbocycles. The Bertz CT molecular complexity index is 834. The topological polar surface area (TPSA) is 67.9 Å². The molecule has 6 nitrogen and oxygen atoms in total. The van der Waals surface area contributed by atoms with E-state index in [2.05, 4.69) is 5.32 Å². The number of alkyl halides is 3. The van der Waals surface area contributed by atoms with Gasteiger partial charge in [0.15, 0.2) is 0 Å². The number of ether oxygens (including phenoxy) is 2. The molecule has 2 heterocycles. The van der Waals surface area contributed by atoms with E-state index in [-0.39, 0.29) is 34.1 Å². The van der Waals surface area contributed by atoms with Gasteiger partial charge in [0.1, 0.15) is 12.4 Å². The third-order valence-electron chi connectivity index (χ3n) is 6.13. The molecule has 3 aliphatic rings. The first-order valence-corrected chi connectivity index (χ1v) is 10.3. The van der Waals surface area contributed by atoms with Gasteiger partial charge >= 0.3 is 12.3 Å². The van der Waals surface area contributed by atoms with Crippen molar-refractivity contribution >= 4 is 23.6 Å². The minimum Gasteiger partial charge on any atom is -0.492 e. The summed E-state index contributed by atoms with van der Waals surface area (Å²) in [6.07, 6.45) is -2.16. The van der Waals surface area contributed by atoms with Crippen molar-refractivity contribution in [2.45, 2.75) is 37.4 Å². The van der Waals surface area contributed by atoms with Gasteiger partial charge in [-0.1, -0.05) is 11.6 Å². The molecule has 0 atom stereocenters. The fourth-order valence-electron chi connectivity index (χ4n) is 4.35. The highest BCUT2D eigenvalue weighted by atomic mass is 35.5. The molecule has 1 N–H and O–H groups in total. The number of cyclic esters (lactones) is 1. The lowest BCUT2D eigenvalue weighted by molar-refractivity contribution is -0.142. The second kappa shape index (κ2) is 7.83. The van der Waals surface area contributed by atoms with E-state index in [1.54, 1.807) is 0 Å². The van der Waals surface area contributed by atoms with Crippen molar-refractivity contribution in [1.82, 2.24) is 10.2 Å². The summed E-state index contributed by atoms with van der Waals surface area (Å²) in [5, 5.41) is 2.72. The maximum Gasteiger partial charge on any atom is 0.416 e. The van der Waals surface area contributed by atoms with Gasteiger partial charge in [0.25, 0.3) is 0 Å². The van der Waals surface area contributed by atoms with E-state index in [9.17, 15) is 22.8 Å². The summed E-state index contributed by atoms with van der Waals surface area (Å²) in [5.41, 5.74) is -1.18. The zero-order valence-electron chi connectivity index (χ0n) is 16.1. The Kier molecular flexibility index (Phi) is 5.50. The van der Waals surface area contributed by atoms with Gasteiger partial charge in [0.2, 0.25) is 5.91 Å². The van der Waals surface area contributed by atoms with Gasteiger partial charge in [0.05, 0.1) is 22.7 Å². The molecule has 2 amide bonds. The summed E-state index contributed by atoms with van der Waals surface area (Å²) >= 11 is 5.92. The number of hydrogen-bond acceptors (Lipinski definition) is 4. The Balaban J connectivity index is 1.22. The highest BCUT2D eigenvalue weighted by molar-refractivity contribution is 6.32. The van der Waals surface area contributed by atoms with Crippen LogP contribution in [0.15, 0.2) is 18.2 Å². The Morgan fingerprint density at radius 1 is 1.30 bits per heavy atom. The maximum atomic E-state index is 12.7. The van der Waals surface area contributed by atoms with Crippen LogP contribution in [-0.4, -0.2) is 48.7 Å². The van der Waals surface area contributed by atoms with Crippen LogP contribution in [0, 0.1) is 11.8 Å². The average molecular weight is 447 g/mol. The monoisotopic (exact) mass is 446 g/mol. The van der Waals surface area contributed by atoms with E-state index < -0.39 is 17.8 Å². The first-order valence-electron chi connectivity index (χ1n) is 9.88. The molecule has 164 valence electrons. The fraction of sp³-hybridized carbons (Fsp3) is 0.600. The van der Waals surface area contributed by atoms with Crippen molar-refractivity contribution < 1.29 is 32.2 Å². The molecule has 10 heteroatoms. The zero-order chi connectivity index (χ0) is 21.5. The molecule has 0 radical (unpaired) electrons. The Hall–Kier alpha value is -2.16. The van der Waals surface area contributed by atoms with Gasteiger partial charge in [0, 0.05) is 19.0 Å². The quantitative estimate of drug-likeness (QED) is 0.762. The van der Waals surface area contributed by atoms with E-state index >= 15 is 0 Å². The van der Waals surface area contributed by atoms with Gasteiger partial charge in [-0.25, -0.2) is 4.79 Å². The number of alkyl carbamates (subject to hydrolysis) is 1. The minimum absolute atomic E-state index is 0.0701. The first-order chi connectivity index (χ1) is 14.2. The second-order valence-corrected chi connectivity index (χ2v) is 8.72. The normalized spacial score (nSPS) is 26.9. The number of likely N-dealkylation sites (tertiary alicyclic amines) is 1. The van der Waals surface area contributed by atoms with E-state index in [0.29, 0.717) is 39.1 Å². The van der Waals surface area contributed by atoms with Crippen molar-refractivity contribution in [3.05, 3.63) is 28.8 Å². The number of carbonyl (C=O) groups is 2. The van der Waals surface area contributed by atoms with Crippen LogP contribution in [0.4, 0.5) is 18.0 Å². The third-order valence-corrected chi connectivity index (χ3v) is 6.43. The van der Waals surface area contributed by atoms with E-state index in [0.717, 1.165) is 25.0 Å². The highest BCUT2D eigenvalue weighted by Gasteiger charge is 2.53. The van der Waals surface area contributed by atoms with Gasteiger partial charge in [-0.3, -0.25) is 4.79 Å². The Labute approximate surface area is 176 Å². The second-order valence-electron chi connectivity index (χ2n) is 8.31. The molecular weight excluding hydrogens is 425 g/mol. The molecule has 3 fully saturated rings. The van der Waals surface area contributed by atoms with Crippen LogP contribution >= 0.6 is 11.6 Å². The molecular formula is C20H22ClF3N2O4. The van der Waals surface area contributed by atoms with Crippen LogP contribution in [0.2, 0.25) is 5.02 Å². The lowest BCUT2D eigenvalue weighted by Gasteiger charge is -2.44. The number of benzene rings is 1. The molecule has 0 bridgehead atoms. The average Bonchev–Trinajstić information content (AvgIpc) is 3.07. The van der Waals surface area contributed by atoms with Crippen LogP contribution in [0.1, 0.15) is 31.2 Å². The minimum atomic E-state index is -4.45.